The Hall–Kier alpha value is -3.53. The SMILES string of the molecule is COc1cc(C(=O)NCCN2C(=O)SC(=Cc3ccc(F)cc3)C2=O)cc(OC)c1OC. The van der Waals surface area contributed by atoms with Crippen molar-refractivity contribution in [2.45, 2.75) is 0 Å². The maximum atomic E-state index is 13.0. The maximum absolute atomic E-state index is 13.0. The van der Waals surface area contributed by atoms with Crippen molar-refractivity contribution in [3.8, 4) is 17.2 Å². The molecule has 0 atom stereocenters. The number of nitrogens with one attached hydrogen (secondary N) is 1. The Bertz CT molecular complexity index is 1050. The lowest BCUT2D eigenvalue weighted by atomic mass is 10.1. The van der Waals surface area contributed by atoms with Gasteiger partial charge in [-0.2, -0.15) is 0 Å². The molecule has 1 saturated heterocycles. The third-order valence-electron chi connectivity index (χ3n) is 4.59. The lowest BCUT2D eigenvalue weighted by Crippen LogP contribution is -2.37. The number of nitrogens with zero attached hydrogens (tertiary/aromatic N) is 1. The molecule has 0 bridgehead atoms. The van der Waals surface area contributed by atoms with Gasteiger partial charge in [0, 0.05) is 18.7 Å². The van der Waals surface area contributed by atoms with Crippen LogP contribution in [0.4, 0.5) is 9.18 Å². The topological polar surface area (TPSA) is 94.2 Å². The first-order valence-electron chi connectivity index (χ1n) is 9.47. The number of hydrogen-bond acceptors (Lipinski definition) is 7. The smallest absolute Gasteiger partial charge is 0.293 e. The average Bonchev–Trinajstić information content (AvgIpc) is 3.06. The van der Waals surface area contributed by atoms with Crippen molar-refractivity contribution in [2.24, 2.45) is 0 Å². The van der Waals surface area contributed by atoms with Gasteiger partial charge >= 0.3 is 0 Å². The van der Waals surface area contributed by atoms with Crippen LogP contribution in [0.15, 0.2) is 41.3 Å². The third-order valence-corrected chi connectivity index (χ3v) is 5.50. The minimum absolute atomic E-state index is 0.00158. The fourth-order valence-corrected chi connectivity index (χ4v) is 3.86. The Balaban J connectivity index is 1.64. The predicted octanol–water partition coefficient (Wildman–Crippen LogP) is 3.32. The van der Waals surface area contributed by atoms with E-state index in [9.17, 15) is 18.8 Å². The molecule has 1 aliphatic heterocycles. The van der Waals surface area contributed by atoms with Crippen LogP contribution in [0.3, 0.4) is 0 Å². The van der Waals surface area contributed by atoms with Crippen molar-refractivity contribution < 1.29 is 33.0 Å². The Morgan fingerprint density at radius 3 is 2.25 bits per heavy atom. The molecule has 0 saturated carbocycles. The molecule has 0 radical (unpaired) electrons. The van der Waals surface area contributed by atoms with Crippen molar-refractivity contribution in [2.75, 3.05) is 34.4 Å². The molecule has 168 valence electrons. The van der Waals surface area contributed by atoms with Gasteiger partial charge in [0.1, 0.15) is 5.82 Å². The minimum Gasteiger partial charge on any atom is -0.493 e. The van der Waals surface area contributed by atoms with Crippen LogP contribution >= 0.6 is 11.8 Å². The van der Waals surface area contributed by atoms with Gasteiger partial charge in [-0.05, 0) is 47.7 Å². The van der Waals surface area contributed by atoms with E-state index in [2.05, 4.69) is 5.32 Å². The van der Waals surface area contributed by atoms with E-state index in [1.54, 1.807) is 0 Å². The van der Waals surface area contributed by atoms with Crippen LogP contribution in [-0.4, -0.2) is 56.4 Å². The highest BCUT2D eigenvalue weighted by molar-refractivity contribution is 8.18. The number of imide groups is 1. The van der Waals surface area contributed by atoms with Crippen LogP contribution in [-0.2, 0) is 4.79 Å². The molecule has 3 amide bonds. The minimum atomic E-state index is -0.466. The number of benzene rings is 2. The molecule has 0 aliphatic carbocycles. The third kappa shape index (κ3) is 5.02. The molecule has 3 rings (SSSR count). The summed E-state index contributed by atoms with van der Waals surface area (Å²) in [6, 6.07) is 8.58. The monoisotopic (exact) mass is 460 g/mol. The number of halogens is 1. The van der Waals surface area contributed by atoms with Crippen LogP contribution in [0.2, 0.25) is 0 Å². The van der Waals surface area contributed by atoms with E-state index >= 15 is 0 Å². The Morgan fingerprint density at radius 1 is 1.06 bits per heavy atom. The zero-order valence-corrected chi connectivity index (χ0v) is 18.5. The van der Waals surface area contributed by atoms with E-state index in [0.29, 0.717) is 22.8 Å². The summed E-state index contributed by atoms with van der Waals surface area (Å²) in [7, 11) is 4.34. The predicted molar refractivity (Wildman–Crippen MR) is 118 cm³/mol. The summed E-state index contributed by atoms with van der Waals surface area (Å²) in [6.45, 7) is 0.0545. The molecule has 10 heteroatoms. The molecule has 0 aromatic heterocycles. The Morgan fingerprint density at radius 2 is 1.69 bits per heavy atom. The summed E-state index contributed by atoms with van der Waals surface area (Å²) in [4.78, 5) is 38.6. The molecule has 2 aromatic rings. The molecule has 0 spiro atoms. The van der Waals surface area contributed by atoms with Crippen molar-refractivity contribution in [1.82, 2.24) is 10.2 Å². The number of thioether (sulfide) groups is 1. The zero-order valence-electron chi connectivity index (χ0n) is 17.6. The van der Waals surface area contributed by atoms with Crippen LogP contribution in [0, 0.1) is 5.82 Å². The van der Waals surface area contributed by atoms with E-state index < -0.39 is 22.9 Å². The summed E-state index contributed by atoms with van der Waals surface area (Å²) in [5.74, 6) is -0.275. The lowest BCUT2D eigenvalue weighted by Gasteiger charge is -2.15. The first-order valence-corrected chi connectivity index (χ1v) is 10.3. The van der Waals surface area contributed by atoms with Crippen molar-refractivity contribution in [3.05, 3.63) is 58.2 Å². The van der Waals surface area contributed by atoms with E-state index in [4.69, 9.17) is 14.2 Å². The molecule has 1 N–H and O–H groups in total. The first kappa shape index (κ1) is 23.1. The summed E-state index contributed by atoms with van der Waals surface area (Å²) in [5.41, 5.74) is 0.873. The Labute approximate surface area is 188 Å². The van der Waals surface area contributed by atoms with Gasteiger partial charge in [0.05, 0.1) is 26.2 Å². The van der Waals surface area contributed by atoms with E-state index in [-0.39, 0.29) is 23.6 Å². The highest BCUT2D eigenvalue weighted by Gasteiger charge is 2.34. The summed E-state index contributed by atoms with van der Waals surface area (Å²) >= 11 is 0.795. The zero-order chi connectivity index (χ0) is 23.3. The van der Waals surface area contributed by atoms with Crippen LogP contribution in [0.25, 0.3) is 6.08 Å². The second-order valence-corrected chi connectivity index (χ2v) is 7.55. The molecular weight excluding hydrogens is 439 g/mol. The van der Waals surface area contributed by atoms with Gasteiger partial charge in [0.2, 0.25) is 5.75 Å². The second-order valence-electron chi connectivity index (χ2n) is 6.55. The van der Waals surface area contributed by atoms with Gasteiger partial charge in [-0.1, -0.05) is 12.1 Å². The van der Waals surface area contributed by atoms with Crippen molar-refractivity contribution in [3.63, 3.8) is 0 Å². The van der Waals surface area contributed by atoms with Crippen LogP contribution < -0.4 is 19.5 Å². The van der Waals surface area contributed by atoms with E-state index in [0.717, 1.165) is 16.7 Å². The number of amides is 3. The maximum Gasteiger partial charge on any atom is 0.293 e. The normalized spacial score (nSPS) is 14.6. The molecule has 2 aromatic carbocycles. The number of carbonyl (C=O) groups excluding carboxylic acids is 3. The summed E-state index contributed by atoms with van der Waals surface area (Å²) in [5, 5.41) is 2.23. The fraction of sp³-hybridized carbons (Fsp3) is 0.227. The van der Waals surface area contributed by atoms with E-state index in [1.807, 2.05) is 0 Å². The molecule has 8 nitrogen and oxygen atoms in total. The number of rotatable bonds is 8. The largest absolute Gasteiger partial charge is 0.493 e. The van der Waals surface area contributed by atoms with Gasteiger partial charge in [0.15, 0.2) is 11.5 Å². The van der Waals surface area contributed by atoms with Gasteiger partial charge in [-0.3, -0.25) is 19.3 Å². The number of methoxy groups -OCH3 is 3. The quantitative estimate of drug-likeness (QED) is 0.604. The van der Waals surface area contributed by atoms with Gasteiger partial charge in [0.25, 0.3) is 17.1 Å². The van der Waals surface area contributed by atoms with Crippen LogP contribution in [0.1, 0.15) is 15.9 Å². The first-order chi connectivity index (χ1) is 15.4. The standard InChI is InChI=1S/C22H21FN2O6S/c1-29-16-11-14(12-17(30-2)19(16)31-3)20(26)24-8-9-25-21(27)18(32-22(25)28)10-13-4-6-15(23)7-5-13/h4-7,10-12H,8-9H2,1-3H3,(H,24,26). The fourth-order valence-electron chi connectivity index (χ4n) is 3.00. The molecule has 0 unspecified atom stereocenters. The number of hydrogen-bond donors (Lipinski definition) is 1. The Kier molecular flexibility index (Phi) is 7.37. The summed E-state index contributed by atoms with van der Waals surface area (Å²) < 4.78 is 28.8. The second kappa shape index (κ2) is 10.2. The van der Waals surface area contributed by atoms with Crippen molar-refractivity contribution in [1.29, 1.82) is 0 Å². The van der Waals surface area contributed by atoms with Gasteiger partial charge < -0.3 is 19.5 Å². The number of carbonyl (C=O) groups is 3. The molecule has 1 fully saturated rings. The van der Waals surface area contributed by atoms with Crippen LogP contribution in [0.5, 0.6) is 17.2 Å². The molecule has 1 aliphatic rings. The highest BCUT2D eigenvalue weighted by atomic mass is 32.2. The number of ether oxygens (including phenoxy) is 3. The van der Waals surface area contributed by atoms with Gasteiger partial charge in [-0.25, -0.2) is 4.39 Å². The average molecular weight is 460 g/mol. The summed E-state index contributed by atoms with van der Waals surface area (Å²) in [6.07, 6.45) is 1.53. The highest BCUT2D eigenvalue weighted by Crippen LogP contribution is 2.38. The molecule has 32 heavy (non-hydrogen) atoms. The van der Waals surface area contributed by atoms with E-state index in [1.165, 1.54) is 63.8 Å². The van der Waals surface area contributed by atoms with Crippen molar-refractivity contribution >= 4 is 34.9 Å². The van der Waals surface area contributed by atoms with Gasteiger partial charge in [-0.15, -0.1) is 0 Å². The molecule has 1 heterocycles. The lowest BCUT2D eigenvalue weighted by molar-refractivity contribution is -0.122. The molecular formula is C22H21FN2O6S.